The molecule has 9 nitrogen and oxygen atoms in total. The van der Waals surface area contributed by atoms with Crippen LogP contribution < -0.4 is 5.32 Å². The predicted octanol–water partition coefficient (Wildman–Crippen LogP) is 9.09. The maximum absolute atomic E-state index is 14.5. The molecule has 1 saturated heterocycles. The lowest BCUT2D eigenvalue weighted by molar-refractivity contribution is -0.303. The fraction of sp³-hybridized carbons (Fsp3) is 1.00. The molecule has 0 aromatic carbocycles. The van der Waals surface area contributed by atoms with Crippen molar-refractivity contribution in [3.63, 3.8) is 0 Å². The van der Waals surface area contributed by atoms with E-state index >= 15 is 0 Å². The normalized spacial score (nSPS) is 27.4. The molecule has 58 heavy (non-hydrogen) atoms. The second-order valence-corrected chi connectivity index (χ2v) is 18.5. The number of aliphatic hydroxyl groups is 5. The Kier molecular flexibility index (Phi) is 25.8. The maximum Gasteiger partial charge on any atom is 0.403 e. The molecule has 0 amide bonds. The van der Waals surface area contributed by atoms with Crippen molar-refractivity contribution >= 4 is 0 Å². The molecule has 3 saturated carbocycles. The molecule has 4 fully saturated rings. The van der Waals surface area contributed by atoms with Gasteiger partial charge in [0.1, 0.15) is 30.5 Å². The lowest BCUT2D eigenvalue weighted by atomic mass is 9.49. The molecule has 4 rings (SSSR count). The number of hydrogen-bond donors (Lipinski definition) is 6. The van der Waals surface area contributed by atoms with Crippen LogP contribution in [-0.4, -0.2) is 117 Å². The van der Waals surface area contributed by atoms with E-state index in [0.29, 0.717) is 24.8 Å². The summed E-state index contributed by atoms with van der Waals surface area (Å²) in [4.78, 5) is 2.77. The zero-order valence-corrected chi connectivity index (χ0v) is 36.7. The van der Waals surface area contributed by atoms with Crippen LogP contribution in [0.2, 0.25) is 0 Å². The lowest BCUT2D eigenvalue weighted by Crippen LogP contribution is -2.68. The molecule has 5 unspecified atom stereocenters. The smallest absolute Gasteiger partial charge is 0.394 e. The fourth-order valence-corrected chi connectivity index (χ4v) is 9.52. The minimum Gasteiger partial charge on any atom is -0.394 e. The number of ether oxygens (including phenoxy) is 2. The molecule has 2 bridgehead atoms. The largest absolute Gasteiger partial charge is 0.403 e. The zero-order chi connectivity index (χ0) is 42.2. The Balaban J connectivity index is 1.42. The third-order valence-corrected chi connectivity index (χ3v) is 13.5. The minimum atomic E-state index is -4.54. The van der Waals surface area contributed by atoms with E-state index in [1.54, 1.807) is 0 Å². The minimum absolute atomic E-state index is 0.124. The molecule has 0 aromatic heterocycles. The molecule has 344 valence electrons. The molecular weight excluding hydrogens is 750 g/mol. The van der Waals surface area contributed by atoms with Gasteiger partial charge in [0.2, 0.25) is 0 Å². The van der Waals surface area contributed by atoms with Gasteiger partial charge in [0.05, 0.1) is 25.4 Å². The first-order chi connectivity index (χ1) is 28.0. The highest BCUT2D eigenvalue weighted by molar-refractivity contribution is 5.14. The van der Waals surface area contributed by atoms with Crippen molar-refractivity contribution < 1.29 is 48.2 Å². The molecule has 6 N–H and O–H groups in total. The van der Waals surface area contributed by atoms with Crippen LogP contribution >= 0.6 is 0 Å². The van der Waals surface area contributed by atoms with Crippen molar-refractivity contribution in [2.24, 2.45) is 5.92 Å². The van der Waals surface area contributed by atoms with Gasteiger partial charge in [-0.3, -0.25) is 10.2 Å². The second kappa shape index (κ2) is 28.9. The number of nitrogens with zero attached hydrogens (tertiary/aromatic N) is 1. The highest BCUT2D eigenvalue weighted by Crippen LogP contribution is 2.60. The quantitative estimate of drug-likeness (QED) is 0.0339. The van der Waals surface area contributed by atoms with Gasteiger partial charge in [-0.2, -0.15) is 13.2 Å². The molecule has 1 heterocycles. The Morgan fingerprint density at radius 3 is 1.53 bits per heavy atom. The van der Waals surface area contributed by atoms with Crippen LogP contribution in [-0.2, 0) is 9.47 Å². The molecule has 12 heteroatoms. The van der Waals surface area contributed by atoms with Crippen LogP contribution in [0.1, 0.15) is 200 Å². The summed E-state index contributed by atoms with van der Waals surface area (Å²) in [7, 11) is 0. The van der Waals surface area contributed by atoms with Crippen LogP contribution in [0.5, 0.6) is 0 Å². The molecule has 0 radical (unpaired) electrons. The highest BCUT2D eigenvalue weighted by Gasteiger charge is 2.59. The standard InChI is InChI=1S/C46H87F3N2O7/c1-3-5-7-9-10-11-12-13-14-15-16-19-23-27-38(53)37(35-57-44-43(56)42(55)41(54)39(34-52)58-44)50-40(46(47,48)49)28-24-20-17-18-22-26-30-51(29-25-21-8-6-4-2)45-31-36(32-45)33-45/h36-44,50,52-56H,3-35H2,1-2H3/t36?,37-,38+,39?,40-,41?,42?,43?,44?,45?/m0/s1. The highest BCUT2D eigenvalue weighted by atomic mass is 19.4. The van der Waals surface area contributed by atoms with Crippen LogP contribution in [0.4, 0.5) is 13.2 Å². The number of alkyl halides is 3. The van der Waals surface area contributed by atoms with E-state index in [2.05, 4.69) is 24.1 Å². The Morgan fingerprint density at radius 2 is 1.10 bits per heavy atom. The summed E-state index contributed by atoms with van der Waals surface area (Å²) >= 11 is 0. The third kappa shape index (κ3) is 18.4. The number of halogens is 3. The Hall–Kier alpha value is -0.570. The van der Waals surface area contributed by atoms with Crippen molar-refractivity contribution in [3.05, 3.63) is 0 Å². The molecule has 0 spiro atoms. The fourth-order valence-electron chi connectivity index (χ4n) is 9.52. The predicted molar refractivity (Wildman–Crippen MR) is 226 cm³/mol. The summed E-state index contributed by atoms with van der Waals surface area (Å²) in [6, 6.07) is -2.97. The number of rotatable bonds is 37. The maximum atomic E-state index is 14.5. The van der Waals surface area contributed by atoms with E-state index in [1.165, 1.54) is 116 Å². The van der Waals surface area contributed by atoms with Crippen LogP contribution in [0.3, 0.4) is 0 Å². The van der Waals surface area contributed by atoms with E-state index in [0.717, 1.165) is 57.4 Å². The van der Waals surface area contributed by atoms with Gasteiger partial charge < -0.3 is 35.0 Å². The van der Waals surface area contributed by atoms with Crippen LogP contribution in [0.25, 0.3) is 0 Å². The van der Waals surface area contributed by atoms with Crippen molar-refractivity contribution in [1.29, 1.82) is 0 Å². The molecule has 4 aliphatic rings. The lowest BCUT2D eigenvalue weighted by Gasteiger charge is -2.67. The number of unbranched alkanes of at least 4 members (excludes halogenated alkanes) is 21. The van der Waals surface area contributed by atoms with Gasteiger partial charge in [-0.05, 0) is 64.0 Å². The molecule has 8 atom stereocenters. The summed E-state index contributed by atoms with van der Waals surface area (Å²) in [5.41, 5.74) is 0.479. The summed E-state index contributed by atoms with van der Waals surface area (Å²) in [5, 5.41) is 54.3. The van der Waals surface area contributed by atoms with Crippen molar-refractivity contribution in [2.75, 3.05) is 26.3 Å². The summed E-state index contributed by atoms with van der Waals surface area (Å²) < 4.78 is 54.5. The van der Waals surface area contributed by atoms with Gasteiger partial charge in [-0.25, -0.2) is 0 Å². The van der Waals surface area contributed by atoms with Gasteiger partial charge in [0.25, 0.3) is 0 Å². The van der Waals surface area contributed by atoms with E-state index < -0.39 is 68.3 Å². The van der Waals surface area contributed by atoms with E-state index in [-0.39, 0.29) is 12.8 Å². The number of nitrogens with one attached hydrogen (secondary N) is 1. The van der Waals surface area contributed by atoms with Gasteiger partial charge in [0.15, 0.2) is 6.29 Å². The first-order valence-electron chi connectivity index (χ1n) is 24.1. The van der Waals surface area contributed by atoms with Gasteiger partial charge >= 0.3 is 6.18 Å². The average Bonchev–Trinajstić information content (AvgIpc) is 3.16. The Labute approximate surface area is 350 Å². The van der Waals surface area contributed by atoms with Crippen molar-refractivity contribution in [3.8, 4) is 0 Å². The first-order valence-corrected chi connectivity index (χ1v) is 24.1. The van der Waals surface area contributed by atoms with E-state index in [4.69, 9.17) is 9.47 Å². The summed E-state index contributed by atoms with van der Waals surface area (Å²) in [6.07, 6.45) is 17.8. The molecule has 0 aromatic rings. The van der Waals surface area contributed by atoms with Crippen LogP contribution in [0.15, 0.2) is 0 Å². The topological polar surface area (TPSA) is 135 Å². The summed E-state index contributed by atoms with van der Waals surface area (Å²) in [6.45, 7) is 5.74. The van der Waals surface area contributed by atoms with Gasteiger partial charge in [-0.15, -0.1) is 0 Å². The third-order valence-electron chi connectivity index (χ3n) is 13.5. The monoisotopic (exact) mass is 837 g/mol. The number of aliphatic hydroxyl groups excluding tert-OH is 5. The first kappa shape index (κ1) is 51.8. The zero-order valence-electron chi connectivity index (χ0n) is 36.7. The van der Waals surface area contributed by atoms with Crippen molar-refractivity contribution in [2.45, 2.75) is 261 Å². The van der Waals surface area contributed by atoms with Crippen molar-refractivity contribution in [1.82, 2.24) is 10.2 Å². The molecule has 3 aliphatic carbocycles. The summed E-state index contributed by atoms with van der Waals surface area (Å²) in [5.74, 6) is 0.954. The SMILES string of the molecule is CCCCCCCCCCCCCCC[C@@H](O)[C@H](COC1OC(CO)C(O)C(O)C1O)N[C@@H](CCCCCCCCN(CCCCCCC)C12CC(C1)C2)C(F)(F)F. The van der Waals surface area contributed by atoms with E-state index in [1.807, 2.05) is 0 Å². The van der Waals surface area contributed by atoms with Gasteiger partial charge in [-0.1, -0.05) is 155 Å². The molecular formula is C46H87F3N2O7. The Morgan fingerprint density at radius 1 is 0.655 bits per heavy atom. The van der Waals surface area contributed by atoms with E-state index in [9.17, 15) is 38.7 Å². The second-order valence-electron chi connectivity index (χ2n) is 18.5. The molecule has 1 aliphatic heterocycles. The average molecular weight is 837 g/mol. The van der Waals surface area contributed by atoms with Gasteiger partial charge in [0, 0.05) is 5.54 Å². The number of hydrogen-bond acceptors (Lipinski definition) is 9. The Bertz CT molecular complexity index is 1010. The van der Waals surface area contributed by atoms with Crippen LogP contribution in [0, 0.1) is 5.92 Å².